The van der Waals surface area contributed by atoms with Gasteiger partial charge < -0.3 is 10.6 Å². The van der Waals surface area contributed by atoms with Gasteiger partial charge in [-0.05, 0) is 43.2 Å². The lowest BCUT2D eigenvalue weighted by molar-refractivity contribution is -0.120. The molecular formula is C23H26FN3OS. The first-order chi connectivity index (χ1) is 14.1. The number of nitrogens with one attached hydrogen (secondary N) is 2. The Morgan fingerprint density at radius 2 is 1.93 bits per heavy atom. The van der Waals surface area contributed by atoms with Crippen LogP contribution in [-0.2, 0) is 4.79 Å². The van der Waals surface area contributed by atoms with Crippen LogP contribution in [0.15, 0.2) is 53.9 Å². The van der Waals surface area contributed by atoms with Crippen molar-refractivity contribution in [1.82, 2.24) is 4.98 Å². The van der Waals surface area contributed by atoms with Crippen molar-refractivity contribution in [2.45, 2.75) is 39.5 Å². The molecule has 1 unspecified atom stereocenters. The van der Waals surface area contributed by atoms with Gasteiger partial charge in [-0.25, -0.2) is 9.37 Å². The van der Waals surface area contributed by atoms with Crippen LogP contribution in [0.4, 0.5) is 20.9 Å². The summed E-state index contributed by atoms with van der Waals surface area (Å²) in [5, 5.41) is 8.79. The largest absolute Gasteiger partial charge is 0.331 e. The fraction of sp³-hybridized carbons (Fsp3) is 0.304. The van der Waals surface area contributed by atoms with Crippen molar-refractivity contribution in [3.63, 3.8) is 0 Å². The molecule has 1 aromatic heterocycles. The van der Waals surface area contributed by atoms with E-state index in [-0.39, 0.29) is 17.6 Å². The fourth-order valence-corrected chi connectivity index (χ4v) is 3.87. The lowest BCUT2D eigenvalue weighted by Crippen LogP contribution is -2.22. The first kappa shape index (κ1) is 21.0. The molecule has 0 aliphatic carbocycles. The van der Waals surface area contributed by atoms with Crippen molar-refractivity contribution >= 4 is 33.8 Å². The van der Waals surface area contributed by atoms with Crippen LogP contribution in [0, 0.1) is 11.7 Å². The van der Waals surface area contributed by atoms with Gasteiger partial charge in [0.1, 0.15) is 5.82 Å². The molecule has 1 amide bonds. The van der Waals surface area contributed by atoms with Gasteiger partial charge >= 0.3 is 0 Å². The minimum Gasteiger partial charge on any atom is -0.331 e. The molecular weight excluding hydrogens is 385 g/mol. The van der Waals surface area contributed by atoms with E-state index in [0.29, 0.717) is 10.8 Å². The third-order valence-corrected chi connectivity index (χ3v) is 5.53. The van der Waals surface area contributed by atoms with Crippen molar-refractivity contribution < 1.29 is 9.18 Å². The zero-order valence-corrected chi connectivity index (χ0v) is 17.6. The van der Waals surface area contributed by atoms with E-state index in [0.717, 1.165) is 42.6 Å². The van der Waals surface area contributed by atoms with Crippen molar-refractivity contribution in [1.29, 1.82) is 0 Å². The summed E-state index contributed by atoms with van der Waals surface area (Å²) in [5.41, 5.74) is 3.16. The third-order valence-electron chi connectivity index (χ3n) is 4.78. The van der Waals surface area contributed by atoms with Crippen molar-refractivity contribution in [3.8, 4) is 11.3 Å². The second kappa shape index (κ2) is 10.2. The van der Waals surface area contributed by atoms with Crippen LogP contribution in [0.2, 0.25) is 0 Å². The number of amides is 1. The Bertz CT molecular complexity index is 957. The van der Waals surface area contributed by atoms with Gasteiger partial charge in [-0.15, -0.1) is 11.3 Å². The number of carbonyl (C=O) groups is 1. The van der Waals surface area contributed by atoms with Crippen LogP contribution in [0.5, 0.6) is 0 Å². The standard InChI is InChI=1S/C23H26FN3OS/c1-3-5-8-16(4-2)22(28)25-19-11-6-9-17(13-19)21-15-29-23(27-21)26-20-12-7-10-18(24)14-20/h6-7,9-16H,3-5,8H2,1-2H3,(H,25,28)(H,26,27). The van der Waals surface area contributed by atoms with Gasteiger partial charge in [-0.3, -0.25) is 4.79 Å². The summed E-state index contributed by atoms with van der Waals surface area (Å²) in [6.07, 6.45) is 3.91. The molecule has 3 rings (SSSR count). The molecule has 4 nitrogen and oxygen atoms in total. The second-order valence-electron chi connectivity index (χ2n) is 6.99. The van der Waals surface area contributed by atoms with Crippen LogP contribution >= 0.6 is 11.3 Å². The average Bonchev–Trinajstić information content (AvgIpc) is 3.17. The SMILES string of the molecule is CCCCC(CC)C(=O)Nc1cccc(-c2csc(Nc3cccc(F)c3)n2)c1. The molecule has 6 heteroatoms. The summed E-state index contributed by atoms with van der Waals surface area (Å²) in [6, 6.07) is 14.0. The molecule has 0 aliphatic heterocycles. The van der Waals surface area contributed by atoms with Crippen LogP contribution in [-0.4, -0.2) is 10.9 Å². The van der Waals surface area contributed by atoms with E-state index >= 15 is 0 Å². The van der Waals surface area contributed by atoms with Gasteiger partial charge in [0.25, 0.3) is 0 Å². The molecule has 0 bridgehead atoms. The highest BCUT2D eigenvalue weighted by Gasteiger charge is 2.16. The maximum Gasteiger partial charge on any atom is 0.227 e. The van der Waals surface area contributed by atoms with E-state index < -0.39 is 0 Å². The van der Waals surface area contributed by atoms with Gasteiger partial charge in [-0.2, -0.15) is 0 Å². The van der Waals surface area contributed by atoms with Crippen molar-refractivity contribution in [3.05, 3.63) is 59.7 Å². The summed E-state index contributed by atoms with van der Waals surface area (Å²) >= 11 is 1.45. The fourth-order valence-electron chi connectivity index (χ4n) is 3.13. The Kier molecular flexibility index (Phi) is 7.36. The Morgan fingerprint density at radius 3 is 2.69 bits per heavy atom. The lowest BCUT2D eigenvalue weighted by Gasteiger charge is -2.15. The van der Waals surface area contributed by atoms with Gasteiger partial charge in [0, 0.05) is 28.2 Å². The zero-order valence-electron chi connectivity index (χ0n) is 16.7. The third kappa shape index (κ3) is 5.87. The maximum atomic E-state index is 13.3. The Hall–Kier alpha value is -2.73. The van der Waals surface area contributed by atoms with Crippen molar-refractivity contribution in [2.75, 3.05) is 10.6 Å². The zero-order chi connectivity index (χ0) is 20.6. The quantitative estimate of drug-likeness (QED) is 0.405. The predicted octanol–water partition coefficient (Wildman–Crippen LogP) is 6.85. The number of rotatable bonds is 9. The molecule has 3 aromatic rings. The summed E-state index contributed by atoms with van der Waals surface area (Å²) < 4.78 is 13.3. The van der Waals surface area contributed by atoms with Gasteiger partial charge in [-0.1, -0.05) is 44.9 Å². The molecule has 1 heterocycles. The number of aromatic nitrogens is 1. The highest BCUT2D eigenvalue weighted by molar-refractivity contribution is 7.14. The highest BCUT2D eigenvalue weighted by Crippen LogP contribution is 2.29. The number of nitrogens with zero attached hydrogens (tertiary/aromatic N) is 1. The molecule has 2 aromatic carbocycles. The van der Waals surface area contributed by atoms with E-state index in [9.17, 15) is 9.18 Å². The first-order valence-corrected chi connectivity index (χ1v) is 10.9. The second-order valence-corrected chi connectivity index (χ2v) is 7.85. The first-order valence-electron chi connectivity index (χ1n) is 9.98. The number of hydrogen-bond acceptors (Lipinski definition) is 4. The molecule has 2 N–H and O–H groups in total. The van der Waals surface area contributed by atoms with E-state index in [1.165, 1.54) is 23.5 Å². The van der Waals surface area contributed by atoms with Gasteiger partial charge in [0.15, 0.2) is 5.13 Å². The smallest absolute Gasteiger partial charge is 0.227 e. The Morgan fingerprint density at radius 1 is 1.14 bits per heavy atom. The van der Waals surface area contributed by atoms with E-state index in [4.69, 9.17) is 0 Å². The maximum absolute atomic E-state index is 13.3. The summed E-state index contributed by atoms with van der Waals surface area (Å²) in [5.74, 6) is -0.177. The molecule has 0 fully saturated rings. The van der Waals surface area contributed by atoms with Crippen molar-refractivity contribution in [2.24, 2.45) is 5.92 Å². The minimum atomic E-state index is -0.292. The normalized spacial score (nSPS) is 11.8. The minimum absolute atomic E-state index is 0.0416. The van der Waals surface area contributed by atoms with E-state index in [2.05, 4.69) is 29.5 Å². The van der Waals surface area contributed by atoms with Gasteiger partial charge in [0.05, 0.1) is 5.69 Å². The topological polar surface area (TPSA) is 54.0 Å². The van der Waals surface area contributed by atoms with Gasteiger partial charge in [0.2, 0.25) is 5.91 Å². The van der Waals surface area contributed by atoms with Crippen LogP contribution in [0.1, 0.15) is 39.5 Å². The average molecular weight is 412 g/mol. The number of thiazole rings is 1. The summed E-state index contributed by atoms with van der Waals surface area (Å²) in [7, 11) is 0. The molecule has 29 heavy (non-hydrogen) atoms. The summed E-state index contributed by atoms with van der Waals surface area (Å²) in [4.78, 5) is 17.2. The van der Waals surface area contributed by atoms with E-state index in [1.54, 1.807) is 12.1 Å². The molecule has 152 valence electrons. The number of hydrogen-bond donors (Lipinski definition) is 2. The highest BCUT2D eigenvalue weighted by atomic mass is 32.1. The number of carbonyl (C=O) groups excluding carboxylic acids is 1. The van der Waals surface area contributed by atoms with Crippen LogP contribution < -0.4 is 10.6 Å². The molecule has 0 aliphatic rings. The summed E-state index contributed by atoms with van der Waals surface area (Å²) in [6.45, 7) is 4.19. The van der Waals surface area contributed by atoms with E-state index in [1.807, 2.05) is 29.6 Å². The lowest BCUT2D eigenvalue weighted by atomic mass is 9.98. The molecule has 0 saturated heterocycles. The molecule has 0 spiro atoms. The van der Waals surface area contributed by atoms with Crippen LogP contribution in [0.25, 0.3) is 11.3 Å². The number of benzene rings is 2. The molecule has 0 radical (unpaired) electrons. The predicted molar refractivity (Wildman–Crippen MR) is 119 cm³/mol. The Labute approximate surface area is 175 Å². The number of unbranched alkanes of at least 4 members (excludes halogenated alkanes) is 1. The molecule has 0 saturated carbocycles. The number of anilines is 3. The molecule has 1 atom stereocenters. The monoisotopic (exact) mass is 411 g/mol. The van der Waals surface area contributed by atoms with Crippen LogP contribution in [0.3, 0.4) is 0 Å². The Balaban J connectivity index is 1.69. The number of halogens is 1.